The first-order valence-corrected chi connectivity index (χ1v) is 11.8. The number of carbonyl (C=O) groups excluding carboxylic acids is 1. The van der Waals surface area contributed by atoms with E-state index in [2.05, 4.69) is 0 Å². The smallest absolute Gasteiger partial charge is 0.546 e. The van der Waals surface area contributed by atoms with Crippen molar-refractivity contribution in [2.45, 2.75) is 31.3 Å². The molecule has 3 aromatic carbocycles. The van der Waals surface area contributed by atoms with E-state index in [0.29, 0.717) is 30.2 Å². The molecule has 1 aliphatic rings. The average Bonchev–Trinajstić information content (AvgIpc) is 3.47. The van der Waals surface area contributed by atoms with E-state index in [1.807, 2.05) is 78.9 Å². The summed E-state index contributed by atoms with van der Waals surface area (Å²) in [6.07, 6.45) is 1.64. The number of aromatic nitrogens is 1. The van der Waals surface area contributed by atoms with Gasteiger partial charge in [-0.1, -0.05) is 72.8 Å². The van der Waals surface area contributed by atoms with Crippen molar-refractivity contribution in [2.75, 3.05) is 6.61 Å². The Labute approximate surface area is 232 Å². The van der Waals surface area contributed by atoms with Gasteiger partial charge in [0.25, 0.3) is 0 Å². The summed E-state index contributed by atoms with van der Waals surface area (Å²) >= 11 is 0. The summed E-state index contributed by atoms with van der Waals surface area (Å²) in [5, 5.41) is 21.7. The maximum Gasteiger partial charge on any atom is 1.00 e. The molecule has 1 saturated carbocycles. The van der Waals surface area contributed by atoms with Crippen molar-refractivity contribution < 1.29 is 53.7 Å². The average molecular weight is 492 g/mol. The summed E-state index contributed by atoms with van der Waals surface area (Å²) in [6.45, 7) is -0.491. The van der Waals surface area contributed by atoms with E-state index in [4.69, 9.17) is 14.1 Å². The van der Waals surface area contributed by atoms with Crippen molar-refractivity contribution in [1.82, 2.24) is 4.98 Å². The predicted octanol–water partition coefficient (Wildman–Crippen LogP) is 1.24. The van der Waals surface area contributed by atoms with Gasteiger partial charge in [-0.15, -0.1) is 0 Å². The third-order valence-electron chi connectivity index (χ3n) is 6.52. The third kappa shape index (κ3) is 5.90. The number of benzene rings is 3. The zero-order valence-electron chi connectivity index (χ0n) is 20.2. The van der Waals surface area contributed by atoms with Crippen LogP contribution in [0.2, 0.25) is 0 Å². The molecule has 0 radical (unpaired) electrons. The Balaban J connectivity index is 0.00000304. The molecule has 1 heterocycles. The summed E-state index contributed by atoms with van der Waals surface area (Å²) in [5.41, 5.74) is 3.67. The number of oxazole rings is 1. The van der Waals surface area contributed by atoms with E-state index in [9.17, 15) is 15.0 Å². The van der Waals surface area contributed by atoms with Gasteiger partial charge in [0, 0.05) is 11.1 Å². The monoisotopic (exact) mass is 491 g/mol. The summed E-state index contributed by atoms with van der Waals surface area (Å²) in [7, 11) is 0. The molecule has 5 rings (SSSR count). The zero-order chi connectivity index (χ0) is 24.2. The third-order valence-corrected chi connectivity index (χ3v) is 6.52. The van der Waals surface area contributed by atoms with Crippen LogP contribution < -0.4 is 39.4 Å². The van der Waals surface area contributed by atoms with E-state index >= 15 is 0 Å². The molecule has 1 N–H and O–H groups in total. The summed E-state index contributed by atoms with van der Waals surface area (Å²) in [4.78, 5) is 15.6. The number of carbonyl (C=O) groups is 1. The number of hydrogen-bond donors (Lipinski definition) is 1. The molecule has 3 atom stereocenters. The van der Waals surface area contributed by atoms with E-state index < -0.39 is 18.7 Å². The number of hydrogen-bond acceptors (Lipinski definition) is 6. The number of ether oxygens (including phenoxy) is 1. The fourth-order valence-corrected chi connectivity index (χ4v) is 4.92. The summed E-state index contributed by atoms with van der Waals surface area (Å²) in [6, 6.07) is 27.2. The number of carboxylic acids is 1. The minimum atomic E-state index is -1.26. The molecular weight excluding hydrogens is 465 g/mol. The van der Waals surface area contributed by atoms with Gasteiger partial charge in [-0.25, -0.2) is 4.98 Å². The van der Waals surface area contributed by atoms with Crippen LogP contribution in [0.3, 0.4) is 0 Å². The van der Waals surface area contributed by atoms with Gasteiger partial charge in [-0.05, 0) is 42.9 Å². The van der Waals surface area contributed by atoms with E-state index in [-0.39, 0.29) is 41.4 Å². The maximum atomic E-state index is 10.9. The molecule has 1 fully saturated rings. The van der Waals surface area contributed by atoms with Gasteiger partial charge in [-0.2, -0.15) is 0 Å². The van der Waals surface area contributed by atoms with Crippen LogP contribution in [-0.4, -0.2) is 28.8 Å². The van der Waals surface area contributed by atoms with Crippen LogP contribution >= 0.6 is 0 Å². The Morgan fingerprint density at radius 2 is 1.67 bits per heavy atom. The van der Waals surface area contributed by atoms with E-state index in [0.717, 1.165) is 28.8 Å². The molecule has 3 unspecified atom stereocenters. The minimum absolute atomic E-state index is 0. The van der Waals surface area contributed by atoms with Gasteiger partial charge in [-0.3, -0.25) is 0 Å². The molecule has 0 saturated heterocycles. The van der Waals surface area contributed by atoms with Gasteiger partial charge in [0.15, 0.2) is 5.76 Å². The Morgan fingerprint density at radius 1 is 0.972 bits per heavy atom. The van der Waals surface area contributed by atoms with Crippen molar-refractivity contribution in [3.63, 3.8) is 0 Å². The number of aliphatic carboxylic acids is 1. The number of carboxylic acid groups (broad SMARTS) is 1. The molecule has 6 nitrogen and oxygen atoms in total. The van der Waals surface area contributed by atoms with Crippen molar-refractivity contribution in [1.29, 1.82) is 0 Å². The van der Waals surface area contributed by atoms with Crippen molar-refractivity contribution >= 4 is 5.97 Å². The molecule has 36 heavy (non-hydrogen) atoms. The molecule has 0 amide bonds. The van der Waals surface area contributed by atoms with Gasteiger partial charge < -0.3 is 24.2 Å². The summed E-state index contributed by atoms with van der Waals surface area (Å²) in [5.74, 6) is 0.330. The number of nitrogens with zero attached hydrogens (tertiary/aromatic N) is 1. The Hall–Kier alpha value is -2.90. The fourth-order valence-electron chi connectivity index (χ4n) is 4.92. The second-order valence-electron chi connectivity index (χ2n) is 8.90. The Bertz CT molecular complexity index is 1230. The second kappa shape index (κ2) is 11.9. The van der Waals surface area contributed by atoms with Crippen LogP contribution in [0, 0.1) is 5.92 Å². The molecule has 1 aliphatic carbocycles. The SMILES string of the molecule is O=C([O-])COc1cccc(CC2CCC(O)C2c2nc(-c3ccccc3)c(-c3ccccc3)o2)c1.[Na+]. The van der Waals surface area contributed by atoms with Crippen LogP contribution in [-0.2, 0) is 11.2 Å². The van der Waals surface area contributed by atoms with Crippen LogP contribution in [0.1, 0.15) is 30.2 Å². The predicted molar refractivity (Wildman–Crippen MR) is 129 cm³/mol. The van der Waals surface area contributed by atoms with Gasteiger partial charge in [0.2, 0.25) is 5.89 Å². The minimum Gasteiger partial charge on any atom is -0.546 e. The maximum absolute atomic E-state index is 10.9. The van der Waals surface area contributed by atoms with Crippen molar-refractivity contribution in [3.8, 4) is 28.3 Å². The van der Waals surface area contributed by atoms with Gasteiger partial charge in [0.1, 0.15) is 18.1 Å². The Kier molecular flexibility index (Phi) is 8.64. The largest absolute Gasteiger partial charge is 1.00 e. The Morgan fingerprint density at radius 3 is 2.36 bits per heavy atom. The number of rotatable bonds is 8. The quantitative estimate of drug-likeness (QED) is 0.373. The van der Waals surface area contributed by atoms with E-state index in [1.54, 1.807) is 6.07 Å². The number of aliphatic hydroxyl groups excluding tert-OH is 1. The summed E-state index contributed by atoms with van der Waals surface area (Å²) < 4.78 is 11.7. The molecule has 4 aromatic rings. The van der Waals surface area contributed by atoms with Gasteiger partial charge in [0.05, 0.1) is 18.0 Å². The van der Waals surface area contributed by atoms with Crippen LogP contribution in [0.4, 0.5) is 0 Å². The van der Waals surface area contributed by atoms with Crippen LogP contribution in [0.5, 0.6) is 5.75 Å². The standard InChI is InChI=1S/C29H27NO5.Na/c31-24-15-14-22(16-19-8-7-13-23(17-19)34-18-25(32)33)26(24)29-30-27(20-9-3-1-4-10-20)28(35-29)21-11-5-2-6-12-21;/h1-13,17,22,24,26,31H,14-16,18H2,(H,32,33);/q;+1/p-1. The molecule has 178 valence electrons. The molecule has 1 aromatic heterocycles. The molecular formula is C29H26NNaO5. The number of aliphatic hydroxyl groups is 1. The zero-order valence-corrected chi connectivity index (χ0v) is 22.2. The first kappa shape index (κ1) is 26.2. The molecule has 0 spiro atoms. The van der Waals surface area contributed by atoms with Crippen molar-refractivity contribution in [2.24, 2.45) is 5.92 Å². The van der Waals surface area contributed by atoms with Gasteiger partial charge >= 0.3 is 29.6 Å². The normalized spacial score (nSPS) is 19.0. The van der Waals surface area contributed by atoms with Crippen LogP contribution in [0.25, 0.3) is 22.6 Å². The first-order chi connectivity index (χ1) is 17.1. The first-order valence-electron chi connectivity index (χ1n) is 11.8. The molecule has 0 bridgehead atoms. The topological polar surface area (TPSA) is 95.6 Å². The molecule has 0 aliphatic heterocycles. The molecule has 7 heteroatoms. The van der Waals surface area contributed by atoms with E-state index in [1.165, 1.54) is 0 Å². The van der Waals surface area contributed by atoms with Crippen molar-refractivity contribution in [3.05, 3.63) is 96.4 Å². The second-order valence-corrected chi connectivity index (χ2v) is 8.90. The van der Waals surface area contributed by atoms with Crippen LogP contribution in [0.15, 0.2) is 89.3 Å². The fraction of sp³-hybridized carbons (Fsp3) is 0.241.